The first-order chi connectivity index (χ1) is 13.7. The Kier molecular flexibility index (Phi) is 5.34. The highest BCUT2D eigenvalue weighted by molar-refractivity contribution is 5.77. The van der Waals surface area contributed by atoms with Crippen LogP contribution in [0.1, 0.15) is 11.1 Å². The molecule has 0 radical (unpaired) electrons. The second-order valence-corrected chi connectivity index (χ2v) is 7.05. The third kappa shape index (κ3) is 4.20. The first-order valence-corrected chi connectivity index (χ1v) is 9.50. The van der Waals surface area contributed by atoms with Crippen LogP contribution in [0.4, 0.5) is 23.1 Å². The fraction of sp³-hybridized carbons (Fsp3) is 0.286. The number of nitrogens with two attached hydrogens (primary N) is 1. The molecule has 0 saturated carbocycles. The Morgan fingerprint density at radius 1 is 0.964 bits per heavy atom. The Labute approximate surface area is 165 Å². The fourth-order valence-electron chi connectivity index (χ4n) is 3.36. The second kappa shape index (κ2) is 8.22. The van der Waals surface area contributed by atoms with Gasteiger partial charge >= 0.3 is 0 Å². The lowest BCUT2D eigenvalue weighted by molar-refractivity contribution is 0.249. The Morgan fingerprint density at radius 3 is 2.46 bits per heavy atom. The number of pyridine rings is 1. The molecule has 1 aliphatic heterocycles. The van der Waals surface area contributed by atoms with E-state index in [4.69, 9.17) is 5.73 Å². The summed E-state index contributed by atoms with van der Waals surface area (Å²) in [6.07, 6.45) is 3.37. The van der Waals surface area contributed by atoms with Crippen molar-refractivity contribution in [2.75, 3.05) is 42.1 Å². The van der Waals surface area contributed by atoms with Crippen molar-refractivity contribution in [1.82, 2.24) is 19.9 Å². The van der Waals surface area contributed by atoms with Gasteiger partial charge in [0.25, 0.3) is 0 Å². The minimum Gasteiger partial charge on any atom is -0.393 e. The maximum absolute atomic E-state index is 6.38. The number of nitrogens with zero attached hydrogens (tertiary/aromatic N) is 5. The van der Waals surface area contributed by atoms with E-state index in [0.717, 1.165) is 49.9 Å². The van der Waals surface area contributed by atoms with Gasteiger partial charge in [0, 0.05) is 38.9 Å². The maximum atomic E-state index is 6.38. The topological polar surface area (TPSA) is 83.2 Å². The van der Waals surface area contributed by atoms with E-state index in [1.165, 1.54) is 5.56 Å². The van der Waals surface area contributed by atoms with Crippen LogP contribution >= 0.6 is 0 Å². The monoisotopic (exact) mass is 375 g/mol. The average molecular weight is 375 g/mol. The van der Waals surface area contributed by atoms with E-state index in [9.17, 15) is 0 Å². The van der Waals surface area contributed by atoms with Gasteiger partial charge in [-0.3, -0.25) is 4.90 Å². The van der Waals surface area contributed by atoms with E-state index in [1.807, 2.05) is 25.3 Å². The number of nitrogens with one attached hydrogen (secondary N) is 1. The standard InChI is InChI=1S/C21H25N7/c1-16-7-8-18(23-13-16)26-20-19(22)21(25-15-24-20)28-11-9-27(10-12-28)14-17-5-3-2-4-6-17/h2-8,13,15H,9-12,14,22H2,1H3,(H,23,24,25,26). The third-order valence-corrected chi connectivity index (χ3v) is 4.94. The summed E-state index contributed by atoms with van der Waals surface area (Å²) >= 11 is 0. The molecule has 0 bridgehead atoms. The quantitative estimate of drug-likeness (QED) is 0.709. The van der Waals surface area contributed by atoms with Gasteiger partial charge in [-0.2, -0.15) is 0 Å². The molecule has 0 atom stereocenters. The Balaban J connectivity index is 1.41. The normalized spacial score (nSPS) is 14.8. The van der Waals surface area contributed by atoms with Gasteiger partial charge in [0.05, 0.1) is 0 Å². The number of benzene rings is 1. The first-order valence-electron chi connectivity index (χ1n) is 9.50. The molecule has 1 saturated heterocycles. The van der Waals surface area contributed by atoms with Crippen molar-refractivity contribution in [3.05, 3.63) is 66.1 Å². The average Bonchev–Trinajstić information content (AvgIpc) is 2.73. The van der Waals surface area contributed by atoms with Crippen molar-refractivity contribution in [2.24, 2.45) is 0 Å². The zero-order valence-electron chi connectivity index (χ0n) is 16.0. The highest BCUT2D eigenvalue weighted by atomic mass is 15.3. The van der Waals surface area contributed by atoms with Crippen LogP contribution in [-0.4, -0.2) is 46.0 Å². The molecule has 1 aliphatic rings. The van der Waals surface area contributed by atoms with Gasteiger partial charge in [-0.05, 0) is 24.1 Å². The van der Waals surface area contributed by atoms with E-state index < -0.39 is 0 Å². The summed E-state index contributed by atoms with van der Waals surface area (Å²) in [5.41, 5.74) is 9.39. The highest BCUT2D eigenvalue weighted by Gasteiger charge is 2.21. The maximum Gasteiger partial charge on any atom is 0.160 e. The number of hydrogen-bond donors (Lipinski definition) is 2. The van der Waals surface area contributed by atoms with Crippen LogP contribution in [0.3, 0.4) is 0 Å². The smallest absolute Gasteiger partial charge is 0.160 e. The minimum atomic E-state index is 0.557. The molecule has 0 spiro atoms. The van der Waals surface area contributed by atoms with Crippen LogP contribution in [-0.2, 0) is 6.54 Å². The van der Waals surface area contributed by atoms with Crippen molar-refractivity contribution < 1.29 is 0 Å². The van der Waals surface area contributed by atoms with Gasteiger partial charge in [0.2, 0.25) is 0 Å². The van der Waals surface area contributed by atoms with Crippen molar-refractivity contribution in [2.45, 2.75) is 13.5 Å². The minimum absolute atomic E-state index is 0.557. The van der Waals surface area contributed by atoms with Gasteiger partial charge in [-0.25, -0.2) is 15.0 Å². The zero-order chi connectivity index (χ0) is 19.3. The van der Waals surface area contributed by atoms with Gasteiger partial charge in [0.1, 0.15) is 17.8 Å². The molecule has 0 amide bonds. The lowest BCUT2D eigenvalue weighted by Gasteiger charge is -2.36. The fourth-order valence-corrected chi connectivity index (χ4v) is 3.36. The molecule has 1 fully saturated rings. The number of hydrogen-bond acceptors (Lipinski definition) is 7. The number of aryl methyl sites for hydroxylation is 1. The van der Waals surface area contributed by atoms with Gasteiger partial charge in [-0.1, -0.05) is 36.4 Å². The Hall–Kier alpha value is -3.19. The van der Waals surface area contributed by atoms with Gasteiger partial charge in [-0.15, -0.1) is 0 Å². The Morgan fingerprint density at radius 2 is 1.75 bits per heavy atom. The molecule has 144 valence electrons. The van der Waals surface area contributed by atoms with E-state index in [0.29, 0.717) is 11.5 Å². The van der Waals surface area contributed by atoms with Crippen molar-refractivity contribution >= 4 is 23.1 Å². The van der Waals surface area contributed by atoms with E-state index in [-0.39, 0.29) is 0 Å². The molecule has 0 aliphatic carbocycles. The number of rotatable bonds is 5. The zero-order valence-corrected chi connectivity index (χ0v) is 16.0. The van der Waals surface area contributed by atoms with E-state index in [1.54, 1.807) is 6.33 Å². The molecule has 3 aromatic rings. The summed E-state index contributed by atoms with van der Waals surface area (Å²) in [4.78, 5) is 17.8. The third-order valence-electron chi connectivity index (χ3n) is 4.94. The molecule has 28 heavy (non-hydrogen) atoms. The van der Waals surface area contributed by atoms with Crippen LogP contribution in [0.2, 0.25) is 0 Å². The predicted molar refractivity (Wildman–Crippen MR) is 113 cm³/mol. The van der Waals surface area contributed by atoms with Crippen molar-refractivity contribution in [1.29, 1.82) is 0 Å². The van der Waals surface area contributed by atoms with Crippen LogP contribution in [0.25, 0.3) is 0 Å². The molecule has 3 N–H and O–H groups in total. The molecule has 0 unspecified atom stereocenters. The molecule has 2 aromatic heterocycles. The SMILES string of the molecule is Cc1ccc(Nc2ncnc(N3CCN(Cc4ccccc4)CC3)c2N)nc1. The number of nitrogen functional groups attached to an aromatic ring is 1. The number of anilines is 4. The summed E-state index contributed by atoms with van der Waals surface area (Å²) in [5.74, 6) is 2.09. The summed E-state index contributed by atoms with van der Waals surface area (Å²) in [5, 5.41) is 3.20. The predicted octanol–water partition coefficient (Wildman–Crippen LogP) is 2.83. The second-order valence-electron chi connectivity index (χ2n) is 7.05. The largest absolute Gasteiger partial charge is 0.393 e. The van der Waals surface area contributed by atoms with Crippen molar-refractivity contribution in [3.63, 3.8) is 0 Å². The van der Waals surface area contributed by atoms with Gasteiger partial charge < -0.3 is 16.0 Å². The number of piperazine rings is 1. The molecule has 7 heteroatoms. The molecular formula is C21H25N7. The first kappa shape index (κ1) is 18.2. The molecular weight excluding hydrogens is 350 g/mol. The summed E-state index contributed by atoms with van der Waals surface area (Å²) in [7, 11) is 0. The highest BCUT2D eigenvalue weighted by Crippen LogP contribution is 2.28. The Bertz CT molecular complexity index is 904. The molecule has 1 aromatic carbocycles. The molecule has 4 rings (SSSR count). The van der Waals surface area contributed by atoms with Gasteiger partial charge in [0.15, 0.2) is 11.6 Å². The number of aromatic nitrogens is 3. The summed E-state index contributed by atoms with van der Waals surface area (Å²) in [6.45, 7) is 6.69. The van der Waals surface area contributed by atoms with Crippen LogP contribution in [0, 0.1) is 6.92 Å². The van der Waals surface area contributed by atoms with Crippen LogP contribution in [0.5, 0.6) is 0 Å². The summed E-state index contributed by atoms with van der Waals surface area (Å²) < 4.78 is 0. The van der Waals surface area contributed by atoms with Crippen molar-refractivity contribution in [3.8, 4) is 0 Å². The van der Waals surface area contributed by atoms with Crippen LogP contribution in [0.15, 0.2) is 55.0 Å². The lowest BCUT2D eigenvalue weighted by Crippen LogP contribution is -2.46. The van der Waals surface area contributed by atoms with E-state index >= 15 is 0 Å². The molecule has 3 heterocycles. The van der Waals surface area contributed by atoms with E-state index in [2.05, 4.69) is 60.4 Å². The lowest BCUT2D eigenvalue weighted by atomic mass is 10.2. The summed E-state index contributed by atoms with van der Waals surface area (Å²) in [6, 6.07) is 14.5. The molecule has 7 nitrogen and oxygen atoms in total. The van der Waals surface area contributed by atoms with Crippen LogP contribution < -0.4 is 16.0 Å².